The van der Waals surface area contributed by atoms with E-state index in [4.69, 9.17) is 14.2 Å². The van der Waals surface area contributed by atoms with E-state index >= 15 is 0 Å². The van der Waals surface area contributed by atoms with Gasteiger partial charge < -0.3 is 14.2 Å². The quantitative estimate of drug-likeness (QED) is 0.0262. The van der Waals surface area contributed by atoms with Crippen LogP contribution in [0.4, 0.5) is 0 Å². The maximum atomic E-state index is 12.8. The van der Waals surface area contributed by atoms with Gasteiger partial charge in [0.25, 0.3) is 0 Å². The summed E-state index contributed by atoms with van der Waals surface area (Å²) in [6.07, 6.45) is 63.9. The lowest BCUT2D eigenvalue weighted by Crippen LogP contribution is -2.30. The molecular weight excluding hydrogens is 793 g/mol. The van der Waals surface area contributed by atoms with E-state index in [2.05, 4.69) is 69.4 Å². The minimum Gasteiger partial charge on any atom is -0.462 e. The van der Waals surface area contributed by atoms with E-state index in [1.54, 1.807) is 0 Å². The van der Waals surface area contributed by atoms with Crippen LogP contribution in [0.15, 0.2) is 48.6 Å². The van der Waals surface area contributed by atoms with Crippen molar-refractivity contribution in [2.75, 3.05) is 13.2 Å². The highest BCUT2D eigenvalue weighted by molar-refractivity contribution is 5.71. The van der Waals surface area contributed by atoms with Crippen LogP contribution < -0.4 is 0 Å². The molecule has 0 fully saturated rings. The molecule has 0 bridgehead atoms. The summed E-state index contributed by atoms with van der Waals surface area (Å²) in [6.45, 7) is 6.52. The molecule has 1 atom stereocenters. The Hall–Kier alpha value is -2.63. The zero-order chi connectivity index (χ0) is 46.5. The molecule has 0 aromatic heterocycles. The third kappa shape index (κ3) is 50.4. The molecule has 0 aliphatic rings. The minimum absolute atomic E-state index is 0.0830. The largest absolute Gasteiger partial charge is 0.462 e. The fourth-order valence-electron chi connectivity index (χ4n) is 7.92. The van der Waals surface area contributed by atoms with Crippen LogP contribution in [-0.4, -0.2) is 37.2 Å². The van der Waals surface area contributed by atoms with Crippen LogP contribution in [-0.2, 0) is 28.6 Å². The molecule has 0 spiro atoms. The molecule has 64 heavy (non-hydrogen) atoms. The number of allylic oxidation sites excluding steroid dienone is 8. The van der Waals surface area contributed by atoms with Gasteiger partial charge in [0, 0.05) is 19.3 Å². The van der Waals surface area contributed by atoms with E-state index in [0.29, 0.717) is 19.3 Å². The predicted molar refractivity (Wildman–Crippen MR) is 275 cm³/mol. The van der Waals surface area contributed by atoms with Gasteiger partial charge in [-0.15, -0.1) is 0 Å². The molecule has 0 N–H and O–H groups in total. The molecule has 1 unspecified atom stereocenters. The van der Waals surface area contributed by atoms with Gasteiger partial charge in [-0.05, 0) is 77.0 Å². The molecule has 0 saturated carbocycles. The molecule has 372 valence electrons. The highest BCUT2D eigenvalue weighted by atomic mass is 16.6. The van der Waals surface area contributed by atoms with Gasteiger partial charge in [-0.2, -0.15) is 0 Å². The van der Waals surface area contributed by atoms with Gasteiger partial charge in [-0.3, -0.25) is 14.4 Å². The molecule has 0 aromatic carbocycles. The van der Waals surface area contributed by atoms with Crippen LogP contribution in [0.5, 0.6) is 0 Å². The van der Waals surface area contributed by atoms with Crippen molar-refractivity contribution in [2.45, 2.75) is 290 Å². The lowest BCUT2D eigenvalue weighted by Gasteiger charge is -2.18. The van der Waals surface area contributed by atoms with Gasteiger partial charge in [0.05, 0.1) is 0 Å². The van der Waals surface area contributed by atoms with Gasteiger partial charge >= 0.3 is 17.9 Å². The van der Waals surface area contributed by atoms with Crippen molar-refractivity contribution in [1.82, 2.24) is 0 Å². The van der Waals surface area contributed by atoms with Crippen LogP contribution in [0.3, 0.4) is 0 Å². The third-order valence-electron chi connectivity index (χ3n) is 12.1. The summed E-state index contributed by atoms with van der Waals surface area (Å²) < 4.78 is 16.8. The Kier molecular flexibility index (Phi) is 50.8. The summed E-state index contributed by atoms with van der Waals surface area (Å²) in [4.78, 5) is 38.0. The van der Waals surface area contributed by atoms with Gasteiger partial charge in [0.15, 0.2) is 6.10 Å². The van der Waals surface area contributed by atoms with Gasteiger partial charge in [-0.1, -0.05) is 236 Å². The van der Waals surface area contributed by atoms with Crippen molar-refractivity contribution in [2.24, 2.45) is 0 Å². The molecule has 0 radical (unpaired) electrons. The molecule has 0 aliphatic heterocycles. The molecule has 6 heteroatoms. The average Bonchev–Trinajstić information content (AvgIpc) is 3.29. The predicted octanol–water partition coefficient (Wildman–Crippen LogP) is 18.3. The van der Waals surface area contributed by atoms with Gasteiger partial charge in [0.2, 0.25) is 0 Å². The van der Waals surface area contributed by atoms with E-state index in [1.807, 2.05) is 0 Å². The van der Waals surface area contributed by atoms with Crippen LogP contribution in [0.2, 0.25) is 0 Å². The lowest BCUT2D eigenvalue weighted by atomic mass is 10.0. The van der Waals surface area contributed by atoms with Gasteiger partial charge in [0.1, 0.15) is 13.2 Å². The van der Waals surface area contributed by atoms with E-state index in [9.17, 15) is 14.4 Å². The summed E-state index contributed by atoms with van der Waals surface area (Å²) in [7, 11) is 0. The minimum atomic E-state index is -0.786. The van der Waals surface area contributed by atoms with Crippen molar-refractivity contribution in [3.05, 3.63) is 48.6 Å². The van der Waals surface area contributed by atoms with E-state index in [1.165, 1.54) is 161 Å². The van der Waals surface area contributed by atoms with Crippen molar-refractivity contribution >= 4 is 17.9 Å². The number of hydrogen-bond donors (Lipinski definition) is 0. The summed E-state index contributed by atoms with van der Waals surface area (Å²) >= 11 is 0. The SMILES string of the molecule is CC/C=C\C/C=C\C/C=C\CCCCCC(=O)OC(COC(=O)CCCCCCCCCCC/C=C\CCCCCCCCCC)COC(=O)CCCCCCCCCCCCCC. The number of unbranched alkanes of at least 4 members (excludes halogenated alkanes) is 31. The first-order valence-electron chi connectivity index (χ1n) is 27.6. The summed E-state index contributed by atoms with van der Waals surface area (Å²) in [5.74, 6) is -0.905. The fraction of sp³-hybridized carbons (Fsp3) is 0.810. The average molecular weight is 897 g/mol. The molecule has 0 rings (SSSR count). The molecule has 0 aromatic rings. The first-order chi connectivity index (χ1) is 31.5. The molecular formula is C58H104O6. The zero-order valence-electron chi connectivity index (χ0n) is 42.6. The number of esters is 3. The van der Waals surface area contributed by atoms with E-state index < -0.39 is 6.10 Å². The Bertz CT molecular complexity index is 1120. The molecule has 0 saturated heterocycles. The topological polar surface area (TPSA) is 78.9 Å². The van der Waals surface area contributed by atoms with Gasteiger partial charge in [-0.25, -0.2) is 0 Å². The summed E-state index contributed by atoms with van der Waals surface area (Å²) in [6, 6.07) is 0. The number of rotatable bonds is 50. The second-order valence-corrected chi connectivity index (χ2v) is 18.5. The Labute approximate surface area is 397 Å². The highest BCUT2D eigenvalue weighted by Gasteiger charge is 2.19. The highest BCUT2D eigenvalue weighted by Crippen LogP contribution is 2.16. The molecule has 0 amide bonds. The standard InChI is InChI=1S/C58H104O6/c1-4-7-10-13-16-19-22-25-26-27-28-29-30-31-32-34-36-39-42-45-48-51-57(60)63-54-55(53-62-56(59)50-47-44-41-38-35-24-21-18-15-12-9-6-3)64-58(61)52-49-46-43-40-37-33-23-20-17-14-11-8-5-2/h8,11,17,20,27-28,33,37,55H,4-7,9-10,12-16,18-19,21-26,29-32,34-36,38-54H2,1-3H3/b11-8-,20-17-,28-27-,37-33-. The van der Waals surface area contributed by atoms with Crippen molar-refractivity contribution in [3.8, 4) is 0 Å². The lowest BCUT2D eigenvalue weighted by molar-refractivity contribution is -0.167. The van der Waals surface area contributed by atoms with E-state index in [-0.39, 0.29) is 31.1 Å². The first kappa shape index (κ1) is 61.4. The maximum absolute atomic E-state index is 12.8. The van der Waals surface area contributed by atoms with Crippen molar-refractivity contribution < 1.29 is 28.6 Å². The van der Waals surface area contributed by atoms with Crippen LogP contribution in [0.1, 0.15) is 284 Å². The monoisotopic (exact) mass is 897 g/mol. The smallest absolute Gasteiger partial charge is 0.306 e. The summed E-state index contributed by atoms with van der Waals surface area (Å²) in [5.41, 5.74) is 0. The normalized spacial score (nSPS) is 12.4. The molecule has 0 heterocycles. The van der Waals surface area contributed by atoms with E-state index in [0.717, 1.165) is 83.5 Å². The number of carbonyl (C=O) groups excluding carboxylic acids is 3. The molecule has 6 nitrogen and oxygen atoms in total. The number of hydrogen-bond acceptors (Lipinski definition) is 6. The molecule has 0 aliphatic carbocycles. The van der Waals surface area contributed by atoms with Crippen molar-refractivity contribution in [3.63, 3.8) is 0 Å². The van der Waals surface area contributed by atoms with Crippen LogP contribution in [0.25, 0.3) is 0 Å². The van der Waals surface area contributed by atoms with Crippen LogP contribution >= 0.6 is 0 Å². The van der Waals surface area contributed by atoms with Crippen molar-refractivity contribution in [1.29, 1.82) is 0 Å². The summed E-state index contributed by atoms with van der Waals surface area (Å²) in [5, 5.41) is 0. The number of ether oxygens (including phenoxy) is 3. The Morgan fingerprint density at radius 2 is 0.609 bits per heavy atom. The fourth-order valence-corrected chi connectivity index (χ4v) is 7.92. The third-order valence-corrected chi connectivity index (χ3v) is 12.1. The Morgan fingerprint density at radius 1 is 0.328 bits per heavy atom. The second kappa shape index (κ2) is 53.0. The number of carbonyl (C=O) groups is 3. The van der Waals surface area contributed by atoms with Crippen LogP contribution in [0, 0.1) is 0 Å². The Morgan fingerprint density at radius 3 is 0.984 bits per heavy atom. The zero-order valence-corrected chi connectivity index (χ0v) is 42.6. The Balaban J connectivity index is 4.30. The second-order valence-electron chi connectivity index (χ2n) is 18.5. The maximum Gasteiger partial charge on any atom is 0.306 e. The first-order valence-corrected chi connectivity index (χ1v) is 27.6.